The second-order valence-corrected chi connectivity index (χ2v) is 4.21. The van der Waals surface area contributed by atoms with Gasteiger partial charge in [0.05, 0.1) is 13.3 Å². The third-order valence-electron chi connectivity index (χ3n) is 2.99. The fourth-order valence-electron chi connectivity index (χ4n) is 1.98. The van der Waals surface area contributed by atoms with Crippen molar-refractivity contribution in [3.05, 3.63) is 48.4 Å². The molecule has 0 aliphatic carbocycles. The number of benzene rings is 1. The minimum Gasteiger partial charge on any atom is -0.497 e. The van der Waals surface area contributed by atoms with E-state index in [-0.39, 0.29) is 0 Å². The number of rotatable bonds is 4. The van der Waals surface area contributed by atoms with E-state index < -0.39 is 0 Å². The highest BCUT2D eigenvalue weighted by atomic mass is 16.5. The van der Waals surface area contributed by atoms with Gasteiger partial charge in [0.2, 0.25) is 0 Å². The average Bonchev–Trinajstić information content (AvgIpc) is 2.97. The molecule has 0 saturated heterocycles. The van der Waals surface area contributed by atoms with Crippen LogP contribution in [0.15, 0.2) is 42.9 Å². The third kappa shape index (κ3) is 2.35. The second kappa shape index (κ2) is 4.97. The summed E-state index contributed by atoms with van der Waals surface area (Å²) in [5.74, 6) is 1.67. The molecule has 19 heavy (non-hydrogen) atoms. The standard InChI is InChI=1S/C14H14N4O/c1-19-12-3-2-11-4-5-15-14(13(11)6-12)16-7-10-8-17-18-9-10/h2-6,8-9H,7H2,1H3,(H,15,16)(H,17,18). The number of ether oxygens (including phenoxy) is 1. The SMILES string of the molecule is COc1ccc2ccnc(NCc3cn[nH]c3)c2c1. The lowest BCUT2D eigenvalue weighted by Crippen LogP contribution is -2.01. The maximum atomic E-state index is 5.26. The Bertz CT molecular complexity index is 679. The van der Waals surface area contributed by atoms with Gasteiger partial charge in [-0.15, -0.1) is 0 Å². The largest absolute Gasteiger partial charge is 0.497 e. The first-order chi connectivity index (χ1) is 9.36. The highest BCUT2D eigenvalue weighted by Gasteiger charge is 2.04. The van der Waals surface area contributed by atoms with Gasteiger partial charge in [-0.25, -0.2) is 4.98 Å². The number of nitrogens with zero attached hydrogens (tertiary/aromatic N) is 2. The second-order valence-electron chi connectivity index (χ2n) is 4.21. The molecule has 2 heterocycles. The molecule has 3 aromatic rings. The van der Waals surface area contributed by atoms with Crippen LogP contribution in [-0.2, 0) is 6.54 Å². The van der Waals surface area contributed by atoms with Gasteiger partial charge in [-0.2, -0.15) is 5.10 Å². The van der Waals surface area contributed by atoms with Gasteiger partial charge in [0.15, 0.2) is 0 Å². The molecule has 0 spiro atoms. The molecule has 0 aliphatic heterocycles. The number of pyridine rings is 1. The van der Waals surface area contributed by atoms with E-state index >= 15 is 0 Å². The third-order valence-corrected chi connectivity index (χ3v) is 2.99. The lowest BCUT2D eigenvalue weighted by molar-refractivity contribution is 0.415. The fourth-order valence-corrected chi connectivity index (χ4v) is 1.98. The molecular weight excluding hydrogens is 240 g/mol. The number of fused-ring (bicyclic) bond motifs is 1. The molecule has 0 atom stereocenters. The molecule has 0 fully saturated rings. The Morgan fingerprint density at radius 1 is 1.32 bits per heavy atom. The maximum absolute atomic E-state index is 5.26. The molecule has 0 bridgehead atoms. The molecule has 3 rings (SSSR count). The van der Waals surface area contributed by atoms with Crippen molar-refractivity contribution < 1.29 is 4.74 Å². The highest BCUT2D eigenvalue weighted by Crippen LogP contribution is 2.25. The van der Waals surface area contributed by atoms with Crippen LogP contribution in [0.4, 0.5) is 5.82 Å². The van der Waals surface area contributed by atoms with Gasteiger partial charge in [-0.3, -0.25) is 5.10 Å². The van der Waals surface area contributed by atoms with Crippen molar-refractivity contribution in [2.75, 3.05) is 12.4 Å². The first-order valence-corrected chi connectivity index (χ1v) is 6.01. The van der Waals surface area contributed by atoms with Gasteiger partial charge >= 0.3 is 0 Å². The van der Waals surface area contributed by atoms with E-state index in [0.717, 1.165) is 27.9 Å². The minimum absolute atomic E-state index is 0.680. The Morgan fingerprint density at radius 2 is 2.26 bits per heavy atom. The zero-order chi connectivity index (χ0) is 13.1. The first kappa shape index (κ1) is 11.5. The maximum Gasteiger partial charge on any atom is 0.134 e. The molecule has 2 N–H and O–H groups in total. The predicted molar refractivity (Wildman–Crippen MR) is 74.2 cm³/mol. The van der Waals surface area contributed by atoms with Crippen molar-refractivity contribution in [2.45, 2.75) is 6.54 Å². The molecule has 5 nitrogen and oxygen atoms in total. The van der Waals surface area contributed by atoms with E-state index in [1.54, 1.807) is 19.5 Å². The van der Waals surface area contributed by atoms with Crippen molar-refractivity contribution in [3.63, 3.8) is 0 Å². The van der Waals surface area contributed by atoms with Gasteiger partial charge in [0, 0.05) is 29.9 Å². The number of aromatic nitrogens is 3. The number of aromatic amines is 1. The zero-order valence-corrected chi connectivity index (χ0v) is 10.6. The Balaban J connectivity index is 1.93. The average molecular weight is 254 g/mol. The van der Waals surface area contributed by atoms with Crippen LogP contribution in [0, 0.1) is 0 Å². The molecule has 0 amide bonds. The number of hydrogen-bond donors (Lipinski definition) is 2. The molecule has 5 heteroatoms. The van der Waals surface area contributed by atoms with E-state index in [9.17, 15) is 0 Å². The van der Waals surface area contributed by atoms with E-state index in [1.165, 1.54) is 0 Å². The molecule has 1 aromatic carbocycles. The summed E-state index contributed by atoms with van der Waals surface area (Å²) in [6, 6.07) is 7.94. The summed E-state index contributed by atoms with van der Waals surface area (Å²) >= 11 is 0. The van der Waals surface area contributed by atoms with E-state index in [2.05, 4.69) is 20.5 Å². The Morgan fingerprint density at radius 3 is 3.05 bits per heavy atom. The Kier molecular flexibility index (Phi) is 3.02. The number of H-pyrrole nitrogens is 1. The van der Waals surface area contributed by atoms with E-state index in [4.69, 9.17) is 4.74 Å². The molecule has 0 radical (unpaired) electrons. The van der Waals surface area contributed by atoms with Gasteiger partial charge in [-0.1, -0.05) is 6.07 Å². The van der Waals surface area contributed by atoms with Crippen LogP contribution < -0.4 is 10.1 Å². The summed E-state index contributed by atoms with van der Waals surface area (Å²) in [4.78, 5) is 4.38. The lowest BCUT2D eigenvalue weighted by atomic mass is 10.1. The summed E-state index contributed by atoms with van der Waals surface area (Å²) in [5, 5.41) is 12.2. The fraction of sp³-hybridized carbons (Fsp3) is 0.143. The summed E-state index contributed by atoms with van der Waals surface area (Å²) in [7, 11) is 1.66. The molecule has 96 valence electrons. The van der Waals surface area contributed by atoms with Crippen LogP contribution in [0.2, 0.25) is 0 Å². The molecule has 0 saturated carbocycles. The number of nitrogens with one attached hydrogen (secondary N) is 2. The van der Waals surface area contributed by atoms with Crippen LogP contribution in [0.5, 0.6) is 5.75 Å². The van der Waals surface area contributed by atoms with Crippen molar-refractivity contribution >= 4 is 16.6 Å². The van der Waals surface area contributed by atoms with Gasteiger partial charge in [0.1, 0.15) is 11.6 Å². The van der Waals surface area contributed by atoms with Crippen LogP contribution in [0.1, 0.15) is 5.56 Å². The molecule has 0 unspecified atom stereocenters. The lowest BCUT2D eigenvalue weighted by Gasteiger charge is -2.09. The molecule has 2 aromatic heterocycles. The number of methoxy groups -OCH3 is 1. The number of anilines is 1. The summed E-state index contributed by atoms with van der Waals surface area (Å²) in [6.45, 7) is 0.680. The van der Waals surface area contributed by atoms with Gasteiger partial charge in [-0.05, 0) is 23.6 Å². The normalized spacial score (nSPS) is 10.6. The smallest absolute Gasteiger partial charge is 0.134 e. The van der Waals surface area contributed by atoms with E-state index in [0.29, 0.717) is 6.54 Å². The Hall–Kier alpha value is -2.56. The molecular formula is C14H14N4O. The summed E-state index contributed by atoms with van der Waals surface area (Å²) in [5.41, 5.74) is 1.08. The minimum atomic E-state index is 0.680. The monoisotopic (exact) mass is 254 g/mol. The van der Waals surface area contributed by atoms with Crippen molar-refractivity contribution in [3.8, 4) is 5.75 Å². The van der Waals surface area contributed by atoms with Crippen LogP contribution in [0.3, 0.4) is 0 Å². The van der Waals surface area contributed by atoms with Gasteiger partial charge in [0.25, 0.3) is 0 Å². The highest BCUT2D eigenvalue weighted by molar-refractivity contribution is 5.92. The van der Waals surface area contributed by atoms with Crippen LogP contribution >= 0.6 is 0 Å². The summed E-state index contributed by atoms with van der Waals surface area (Å²) in [6.07, 6.45) is 5.45. The van der Waals surface area contributed by atoms with Crippen molar-refractivity contribution in [2.24, 2.45) is 0 Å². The number of hydrogen-bond acceptors (Lipinski definition) is 4. The summed E-state index contributed by atoms with van der Waals surface area (Å²) < 4.78 is 5.26. The van der Waals surface area contributed by atoms with Gasteiger partial charge < -0.3 is 10.1 Å². The topological polar surface area (TPSA) is 62.8 Å². The Labute approximate surface area is 110 Å². The quantitative estimate of drug-likeness (QED) is 0.751. The predicted octanol–water partition coefficient (Wildman–Crippen LogP) is 2.58. The van der Waals surface area contributed by atoms with E-state index in [1.807, 2.05) is 30.5 Å². The zero-order valence-electron chi connectivity index (χ0n) is 10.6. The van der Waals surface area contributed by atoms with Crippen LogP contribution in [-0.4, -0.2) is 22.3 Å². The van der Waals surface area contributed by atoms with Crippen molar-refractivity contribution in [1.29, 1.82) is 0 Å². The molecule has 0 aliphatic rings. The first-order valence-electron chi connectivity index (χ1n) is 6.01. The van der Waals surface area contributed by atoms with Crippen LogP contribution in [0.25, 0.3) is 10.8 Å². The van der Waals surface area contributed by atoms with Crippen molar-refractivity contribution in [1.82, 2.24) is 15.2 Å².